The summed E-state index contributed by atoms with van der Waals surface area (Å²) < 4.78 is 3.77. The van der Waals surface area contributed by atoms with E-state index in [1.54, 1.807) is 11.0 Å². The Labute approximate surface area is 162 Å². The lowest BCUT2D eigenvalue weighted by atomic mass is 10.2. The van der Waals surface area contributed by atoms with Crippen molar-refractivity contribution in [3.05, 3.63) is 72.1 Å². The summed E-state index contributed by atoms with van der Waals surface area (Å²) in [6.07, 6.45) is 4.00. The second-order valence-corrected chi connectivity index (χ2v) is 7.16. The molecule has 0 aliphatic heterocycles. The molecule has 0 saturated heterocycles. The number of carbonyl (C=O) groups is 1. The van der Waals surface area contributed by atoms with Crippen LogP contribution in [0.1, 0.15) is 40.8 Å². The van der Waals surface area contributed by atoms with Crippen molar-refractivity contribution >= 4 is 16.9 Å². The number of nitrogens with zero attached hydrogens (tertiary/aromatic N) is 5. The van der Waals surface area contributed by atoms with Crippen LogP contribution in [-0.4, -0.2) is 30.2 Å². The third-order valence-electron chi connectivity index (χ3n) is 5.09. The summed E-state index contributed by atoms with van der Waals surface area (Å²) in [4.78, 5) is 21.3. The first-order valence-electron chi connectivity index (χ1n) is 9.39. The predicted octanol–water partition coefficient (Wildman–Crippen LogP) is 2.96. The number of benzene rings is 2. The number of hydrogen-bond donors (Lipinski definition) is 1. The third kappa shape index (κ3) is 3.05. The molecule has 1 N–H and O–H groups in total. The molecule has 0 radical (unpaired) electrons. The molecule has 2 aromatic heterocycles. The van der Waals surface area contributed by atoms with Gasteiger partial charge in [-0.15, -0.1) is 5.10 Å². The second kappa shape index (κ2) is 6.60. The van der Waals surface area contributed by atoms with Crippen molar-refractivity contribution in [1.29, 1.82) is 0 Å². The predicted molar refractivity (Wildman–Crippen MR) is 105 cm³/mol. The quantitative estimate of drug-likeness (QED) is 0.584. The molecule has 1 saturated carbocycles. The van der Waals surface area contributed by atoms with Crippen molar-refractivity contribution in [3.63, 3.8) is 0 Å². The summed E-state index contributed by atoms with van der Waals surface area (Å²) in [5.41, 5.74) is 3.97. The lowest BCUT2D eigenvalue weighted by Gasteiger charge is -2.04. The van der Waals surface area contributed by atoms with Gasteiger partial charge >= 0.3 is 0 Å². The maximum absolute atomic E-state index is 12.4. The number of amides is 1. The van der Waals surface area contributed by atoms with Gasteiger partial charge in [-0.1, -0.05) is 24.3 Å². The number of aromatic nitrogens is 5. The molecule has 0 atom stereocenters. The molecule has 2 heterocycles. The van der Waals surface area contributed by atoms with Crippen LogP contribution in [0.3, 0.4) is 0 Å². The minimum atomic E-state index is -0.297. The zero-order valence-corrected chi connectivity index (χ0v) is 15.5. The second-order valence-electron chi connectivity index (χ2n) is 7.16. The van der Waals surface area contributed by atoms with Gasteiger partial charge in [0.25, 0.3) is 5.91 Å². The third-order valence-corrected chi connectivity index (χ3v) is 5.09. The number of nitrogens with one attached hydrogen (secondary N) is 1. The number of aryl methyl sites for hydroxylation is 1. The number of fused-ring (bicyclic) bond motifs is 1. The van der Waals surface area contributed by atoms with Crippen LogP contribution in [0.15, 0.2) is 54.9 Å². The number of carbonyl (C=O) groups excluding carboxylic acids is 1. The Morgan fingerprint density at radius 3 is 2.79 bits per heavy atom. The fraction of sp³-hybridized carbons (Fsp3) is 0.238. The monoisotopic (exact) mass is 372 g/mol. The first-order valence-corrected chi connectivity index (χ1v) is 9.39. The molecular formula is C21H20N6O. The number of para-hydroxylation sites is 1. The van der Waals surface area contributed by atoms with E-state index in [-0.39, 0.29) is 11.7 Å². The van der Waals surface area contributed by atoms with E-state index in [1.165, 1.54) is 12.8 Å². The van der Waals surface area contributed by atoms with Gasteiger partial charge in [0.1, 0.15) is 12.2 Å². The lowest BCUT2D eigenvalue weighted by molar-refractivity contribution is 0.0940. The van der Waals surface area contributed by atoms with Gasteiger partial charge in [-0.2, -0.15) is 0 Å². The topological polar surface area (TPSA) is 77.6 Å². The van der Waals surface area contributed by atoms with Crippen LogP contribution in [0, 0.1) is 0 Å². The van der Waals surface area contributed by atoms with Gasteiger partial charge in [0, 0.05) is 19.5 Å². The van der Waals surface area contributed by atoms with Gasteiger partial charge in [0.2, 0.25) is 5.82 Å². The van der Waals surface area contributed by atoms with E-state index in [2.05, 4.69) is 33.1 Å². The van der Waals surface area contributed by atoms with E-state index < -0.39 is 0 Å². The smallest absolute Gasteiger partial charge is 0.291 e. The van der Waals surface area contributed by atoms with Gasteiger partial charge in [-0.25, -0.2) is 14.6 Å². The summed E-state index contributed by atoms with van der Waals surface area (Å²) in [6, 6.07) is 15.7. The Hall–Kier alpha value is -3.48. The van der Waals surface area contributed by atoms with Crippen molar-refractivity contribution in [2.45, 2.75) is 25.3 Å². The van der Waals surface area contributed by atoms with Crippen LogP contribution in [0.5, 0.6) is 0 Å². The molecule has 2 aromatic carbocycles. The largest absolute Gasteiger partial charge is 0.345 e. The standard InChI is InChI=1S/C21H20N6O/c1-26-18-10-7-14(11-17(18)24-20(26)15-8-9-15)12-22-21(28)19-23-13-27(25-19)16-5-3-2-4-6-16/h2-7,10-11,13,15H,8-9,12H2,1H3,(H,22,28). The average Bonchev–Trinajstić information content (AvgIpc) is 3.35. The molecule has 5 rings (SSSR count). The Kier molecular flexibility index (Phi) is 3.93. The van der Waals surface area contributed by atoms with Crippen LogP contribution < -0.4 is 5.32 Å². The van der Waals surface area contributed by atoms with Gasteiger partial charge in [0.05, 0.1) is 16.7 Å². The zero-order valence-electron chi connectivity index (χ0n) is 15.5. The van der Waals surface area contributed by atoms with E-state index in [4.69, 9.17) is 4.98 Å². The molecule has 1 aliphatic rings. The normalized spacial score (nSPS) is 13.8. The van der Waals surface area contributed by atoms with Crippen molar-refractivity contribution in [1.82, 2.24) is 29.6 Å². The van der Waals surface area contributed by atoms with Gasteiger partial charge in [0.15, 0.2) is 0 Å². The minimum Gasteiger partial charge on any atom is -0.345 e. The summed E-state index contributed by atoms with van der Waals surface area (Å²) in [7, 11) is 2.07. The number of rotatable bonds is 5. The van der Waals surface area contributed by atoms with E-state index in [9.17, 15) is 4.79 Å². The molecule has 0 bridgehead atoms. The molecule has 7 nitrogen and oxygen atoms in total. The maximum Gasteiger partial charge on any atom is 0.291 e. The summed E-state index contributed by atoms with van der Waals surface area (Å²) in [5.74, 6) is 1.62. The van der Waals surface area contributed by atoms with E-state index in [0.29, 0.717) is 12.5 Å². The van der Waals surface area contributed by atoms with Crippen molar-refractivity contribution < 1.29 is 4.79 Å². The van der Waals surface area contributed by atoms with E-state index in [1.807, 2.05) is 42.5 Å². The molecule has 1 fully saturated rings. The van der Waals surface area contributed by atoms with Crippen molar-refractivity contribution in [2.24, 2.45) is 7.05 Å². The number of imidazole rings is 1. The molecular weight excluding hydrogens is 352 g/mol. The molecule has 0 spiro atoms. The highest BCUT2D eigenvalue weighted by Gasteiger charge is 2.28. The molecule has 140 valence electrons. The molecule has 4 aromatic rings. The fourth-order valence-electron chi connectivity index (χ4n) is 3.41. The molecule has 0 unspecified atom stereocenters. The first kappa shape index (κ1) is 16.7. The Morgan fingerprint density at radius 1 is 1.18 bits per heavy atom. The Balaban J connectivity index is 1.29. The van der Waals surface area contributed by atoms with E-state index >= 15 is 0 Å². The van der Waals surface area contributed by atoms with Crippen molar-refractivity contribution in [2.75, 3.05) is 0 Å². The van der Waals surface area contributed by atoms with Crippen LogP contribution in [-0.2, 0) is 13.6 Å². The molecule has 28 heavy (non-hydrogen) atoms. The summed E-state index contributed by atoms with van der Waals surface area (Å²) in [6.45, 7) is 0.407. The SMILES string of the molecule is Cn1c(C2CC2)nc2cc(CNC(=O)c3ncn(-c4ccccc4)n3)ccc21. The van der Waals surface area contributed by atoms with Crippen LogP contribution in [0.2, 0.25) is 0 Å². The Bertz CT molecular complexity index is 1160. The summed E-state index contributed by atoms with van der Waals surface area (Å²) >= 11 is 0. The van der Waals surface area contributed by atoms with Crippen LogP contribution in [0.25, 0.3) is 16.7 Å². The highest BCUT2D eigenvalue weighted by atomic mass is 16.2. The number of hydrogen-bond acceptors (Lipinski definition) is 4. The highest BCUT2D eigenvalue weighted by molar-refractivity contribution is 5.90. The van der Waals surface area contributed by atoms with Crippen molar-refractivity contribution in [3.8, 4) is 5.69 Å². The van der Waals surface area contributed by atoms with Gasteiger partial charge in [-0.3, -0.25) is 4.79 Å². The van der Waals surface area contributed by atoms with E-state index in [0.717, 1.165) is 28.1 Å². The first-order chi connectivity index (χ1) is 13.7. The van der Waals surface area contributed by atoms with Crippen LogP contribution in [0.4, 0.5) is 0 Å². The molecule has 1 aliphatic carbocycles. The Morgan fingerprint density at radius 2 is 2.00 bits per heavy atom. The maximum atomic E-state index is 12.4. The lowest BCUT2D eigenvalue weighted by Crippen LogP contribution is -2.24. The highest BCUT2D eigenvalue weighted by Crippen LogP contribution is 2.40. The summed E-state index contributed by atoms with van der Waals surface area (Å²) in [5, 5.41) is 7.15. The minimum absolute atomic E-state index is 0.152. The molecule has 7 heteroatoms. The van der Waals surface area contributed by atoms with Crippen LogP contribution >= 0.6 is 0 Å². The van der Waals surface area contributed by atoms with Gasteiger partial charge < -0.3 is 9.88 Å². The average molecular weight is 372 g/mol. The molecule has 1 amide bonds. The fourth-order valence-corrected chi connectivity index (χ4v) is 3.41. The van der Waals surface area contributed by atoms with Gasteiger partial charge in [-0.05, 0) is 42.7 Å². The zero-order chi connectivity index (χ0) is 19.1.